The van der Waals surface area contributed by atoms with Crippen LogP contribution in [0.5, 0.6) is 0 Å². The van der Waals surface area contributed by atoms with Gasteiger partial charge in [0.2, 0.25) is 5.91 Å². The standard InChI is InChI=1S/C9H16N2O5/c1-10-5-7(12)11-6(9(14)15)3-4-8(13)16-2/h6,10H,3-5H2,1-2H3,(H,11,12)(H,14,15)/t6-/m0/s1. The third-order valence-electron chi connectivity index (χ3n) is 1.84. The molecule has 0 spiro atoms. The van der Waals surface area contributed by atoms with Crippen LogP contribution in [-0.2, 0) is 19.1 Å². The second-order valence-electron chi connectivity index (χ2n) is 3.10. The summed E-state index contributed by atoms with van der Waals surface area (Å²) in [7, 11) is 2.79. The molecule has 0 aliphatic rings. The first kappa shape index (κ1) is 14.4. The molecule has 0 aliphatic carbocycles. The molecule has 0 heterocycles. The summed E-state index contributed by atoms with van der Waals surface area (Å²) in [6.45, 7) is 0.0298. The Balaban J connectivity index is 4.12. The maximum atomic E-state index is 11.1. The third-order valence-corrected chi connectivity index (χ3v) is 1.84. The van der Waals surface area contributed by atoms with Crippen LogP contribution in [0.3, 0.4) is 0 Å². The highest BCUT2D eigenvalue weighted by Gasteiger charge is 2.20. The first-order valence-electron chi connectivity index (χ1n) is 4.74. The quantitative estimate of drug-likeness (QED) is 0.473. The van der Waals surface area contributed by atoms with Crippen molar-refractivity contribution in [3.05, 3.63) is 0 Å². The van der Waals surface area contributed by atoms with E-state index in [1.807, 2.05) is 0 Å². The van der Waals surface area contributed by atoms with Crippen LogP contribution in [-0.4, -0.2) is 49.7 Å². The van der Waals surface area contributed by atoms with Gasteiger partial charge in [-0.05, 0) is 13.5 Å². The summed E-state index contributed by atoms with van der Waals surface area (Å²) >= 11 is 0. The number of carboxylic acids is 1. The van der Waals surface area contributed by atoms with Crippen molar-refractivity contribution in [3.8, 4) is 0 Å². The van der Waals surface area contributed by atoms with E-state index in [1.165, 1.54) is 7.11 Å². The minimum atomic E-state index is -1.17. The maximum absolute atomic E-state index is 11.1. The minimum Gasteiger partial charge on any atom is -0.480 e. The molecule has 1 amide bonds. The van der Waals surface area contributed by atoms with E-state index in [9.17, 15) is 14.4 Å². The second kappa shape index (κ2) is 7.63. The highest BCUT2D eigenvalue weighted by atomic mass is 16.5. The van der Waals surface area contributed by atoms with E-state index in [0.29, 0.717) is 0 Å². The Bertz CT molecular complexity index is 267. The molecule has 92 valence electrons. The molecule has 0 saturated heterocycles. The molecule has 7 heteroatoms. The summed E-state index contributed by atoms with van der Waals surface area (Å²) in [6, 6.07) is -1.07. The van der Waals surface area contributed by atoms with Gasteiger partial charge in [-0.3, -0.25) is 9.59 Å². The van der Waals surface area contributed by atoms with E-state index in [2.05, 4.69) is 15.4 Å². The van der Waals surface area contributed by atoms with Gasteiger partial charge in [-0.2, -0.15) is 0 Å². The fourth-order valence-corrected chi connectivity index (χ4v) is 1.03. The second-order valence-corrected chi connectivity index (χ2v) is 3.10. The first-order valence-corrected chi connectivity index (χ1v) is 4.74. The van der Waals surface area contributed by atoms with Gasteiger partial charge in [-0.1, -0.05) is 0 Å². The lowest BCUT2D eigenvalue weighted by molar-refractivity contribution is -0.144. The van der Waals surface area contributed by atoms with Crippen LogP contribution >= 0.6 is 0 Å². The van der Waals surface area contributed by atoms with Gasteiger partial charge in [-0.25, -0.2) is 4.79 Å². The highest BCUT2D eigenvalue weighted by Crippen LogP contribution is 1.99. The Hall–Kier alpha value is -1.63. The fraction of sp³-hybridized carbons (Fsp3) is 0.667. The molecule has 0 saturated carbocycles. The number of ether oxygens (including phenoxy) is 1. The summed E-state index contributed by atoms with van der Waals surface area (Å²) in [5.41, 5.74) is 0. The van der Waals surface area contributed by atoms with E-state index in [0.717, 1.165) is 0 Å². The van der Waals surface area contributed by atoms with Crippen molar-refractivity contribution in [1.82, 2.24) is 10.6 Å². The predicted octanol–water partition coefficient (Wildman–Crippen LogP) is -1.27. The van der Waals surface area contributed by atoms with Crippen molar-refractivity contribution in [3.63, 3.8) is 0 Å². The largest absolute Gasteiger partial charge is 0.480 e. The number of carboxylic acid groups (broad SMARTS) is 1. The van der Waals surface area contributed by atoms with Crippen molar-refractivity contribution >= 4 is 17.8 Å². The van der Waals surface area contributed by atoms with Crippen molar-refractivity contribution in [2.75, 3.05) is 20.7 Å². The van der Waals surface area contributed by atoms with E-state index < -0.39 is 23.9 Å². The molecule has 0 unspecified atom stereocenters. The third kappa shape index (κ3) is 5.97. The van der Waals surface area contributed by atoms with E-state index in [1.54, 1.807) is 7.05 Å². The molecule has 0 aromatic heterocycles. The Kier molecular flexibility index (Phi) is 6.86. The van der Waals surface area contributed by atoms with Gasteiger partial charge < -0.3 is 20.5 Å². The van der Waals surface area contributed by atoms with Gasteiger partial charge in [0.1, 0.15) is 6.04 Å². The van der Waals surface area contributed by atoms with Gasteiger partial charge in [0.05, 0.1) is 13.7 Å². The van der Waals surface area contributed by atoms with Gasteiger partial charge in [0, 0.05) is 6.42 Å². The van der Waals surface area contributed by atoms with Gasteiger partial charge in [0.25, 0.3) is 0 Å². The van der Waals surface area contributed by atoms with Crippen molar-refractivity contribution in [2.24, 2.45) is 0 Å². The van der Waals surface area contributed by atoms with Gasteiger partial charge >= 0.3 is 11.9 Å². The minimum absolute atomic E-state index is 0.0114. The number of rotatable bonds is 7. The zero-order valence-electron chi connectivity index (χ0n) is 9.28. The summed E-state index contributed by atoms with van der Waals surface area (Å²) in [5.74, 6) is -2.11. The molecule has 7 nitrogen and oxygen atoms in total. The van der Waals surface area contributed by atoms with Crippen LogP contribution in [0.1, 0.15) is 12.8 Å². The Morgan fingerprint density at radius 2 is 2.00 bits per heavy atom. The highest BCUT2D eigenvalue weighted by molar-refractivity contribution is 5.85. The molecular formula is C9H16N2O5. The molecule has 0 rings (SSSR count). The summed E-state index contributed by atoms with van der Waals surface area (Å²) < 4.78 is 4.38. The lowest BCUT2D eigenvalue weighted by Gasteiger charge is -2.13. The monoisotopic (exact) mass is 232 g/mol. The zero-order chi connectivity index (χ0) is 12.6. The number of esters is 1. The molecule has 0 aromatic rings. The van der Waals surface area contributed by atoms with E-state index in [-0.39, 0.29) is 19.4 Å². The molecular weight excluding hydrogens is 216 g/mol. The number of aliphatic carboxylic acids is 1. The van der Waals surface area contributed by atoms with Crippen molar-refractivity contribution in [1.29, 1.82) is 0 Å². The lowest BCUT2D eigenvalue weighted by atomic mass is 10.1. The summed E-state index contributed by atoms with van der Waals surface area (Å²) in [4.78, 5) is 32.7. The average molecular weight is 232 g/mol. The molecule has 0 bridgehead atoms. The summed E-state index contributed by atoms with van der Waals surface area (Å²) in [6.07, 6.45) is -0.0369. The van der Waals surface area contributed by atoms with Crippen LogP contribution < -0.4 is 10.6 Å². The molecule has 1 atom stereocenters. The van der Waals surface area contributed by atoms with E-state index >= 15 is 0 Å². The first-order chi connectivity index (χ1) is 7.51. The smallest absolute Gasteiger partial charge is 0.326 e. The molecule has 0 fully saturated rings. The van der Waals surface area contributed by atoms with Crippen LogP contribution in [0.15, 0.2) is 0 Å². The topological polar surface area (TPSA) is 105 Å². The maximum Gasteiger partial charge on any atom is 0.326 e. The van der Waals surface area contributed by atoms with Crippen LogP contribution in [0.25, 0.3) is 0 Å². The average Bonchev–Trinajstić information content (AvgIpc) is 2.23. The number of likely N-dealkylation sites (N-methyl/N-ethyl adjacent to an activating group) is 1. The van der Waals surface area contributed by atoms with Crippen molar-refractivity contribution in [2.45, 2.75) is 18.9 Å². The molecule has 0 aromatic carbocycles. The lowest BCUT2D eigenvalue weighted by Crippen LogP contribution is -2.44. The number of carbonyl (C=O) groups is 3. The predicted molar refractivity (Wildman–Crippen MR) is 54.7 cm³/mol. The van der Waals surface area contributed by atoms with Crippen LogP contribution in [0, 0.1) is 0 Å². The van der Waals surface area contributed by atoms with E-state index in [4.69, 9.17) is 5.11 Å². The Labute approximate surface area is 93.2 Å². The number of methoxy groups -OCH3 is 1. The number of amides is 1. The SMILES string of the molecule is CNCC(=O)N[C@@H](CCC(=O)OC)C(=O)O. The van der Waals surface area contributed by atoms with Crippen LogP contribution in [0.4, 0.5) is 0 Å². The molecule has 0 aliphatic heterocycles. The summed E-state index contributed by atoms with van der Waals surface area (Å²) in [5, 5.41) is 13.7. The van der Waals surface area contributed by atoms with Gasteiger partial charge in [0.15, 0.2) is 0 Å². The number of hydrogen-bond donors (Lipinski definition) is 3. The molecule has 16 heavy (non-hydrogen) atoms. The Morgan fingerprint density at radius 1 is 1.38 bits per heavy atom. The number of hydrogen-bond acceptors (Lipinski definition) is 5. The van der Waals surface area contributed by atoms with Gasteiger partial charge in [-0.15, -0.1) is 0 Å². The van der Waals surface area contributed by atoms with Crippen LogP contribution in [0.2, 0.25) is 0 Å². The zero-order valence-corrected chi connectivity index (χ0v) is 9.28. The number of nitrogens with one attached hydrogen (secondary N) is 2. The van der Waals surface area contributed by atoms with Crippen molar-refractivity contribution < 1.29 is 24.2 Å². The fourth-order valence-electron chi connectivity index (χ4n) is 1.03. The molecule has 3 N–H and O–H groups in total. The number of carbonyl (C=O) groups excluding carboxylic acids is 2. The molecule has 0 radical (unpaired) electrons. The Morgan fingerprint density at radius 3 is 2.44 bits per heavy atom. The normalized spacial score (nSPS) is 11.6.